The molecule has 2 aromatic rings. The van der Waals surface area contributed by atoms with Crippen molar-refractivity contribution in [2.45, 2.75) is 12.5 Å². The van der Waals surface area contributed by atoms with Gasteiger partial charge in [-0.25, -0.2) is 0 Å². The lowest BCUT2D eigenvalue weighted by atomic mass is 10.0. The average molecular weight is 346 g/mol. The molecule has 0 fully saturated rings. The van der Waals surface area contributed by atoms with Crippen LogP contribution in [0.1, 0.15) is 17.2 Å². The Bertz CT molecular complexity index is 466. The van der Waals surface area contributed by atoms with Crippen LogP contribution in [0.5, 0.6) is 0 Å². The van der Waals surface area contributed by atoms with Gasteiger partial charge in [-0.1, -0.05) is 31.9 Å². The summed E-state index contributed by atoms with van der Waals surface area (Å²) < 4.78 is 6.84. The van der Waals surface area contributed by atoms with Crippen LogP contribution >= 0.6 is 31.9 Å². The molecule has 1 heterocycles. The Kier molecular flexibility index (Phi) is 3.84. The molecule has 4 heteroatoms. The number of aliphatic hydroxyl groups is 1. The van der Waals surface area contributed by atoms with E-state index in [2.05, 4.69) is 31.9 Å². The molecular formula is C12H10Br2O2. The fraction of sp³-hybridized carbons (Fsp3) is 0.167. The lowest BCUT2D eigenvalue weighted by Gasteiger charge is -2.12. The first-order valence-corrected chi connectivity index (χ1v) is 6.39. The second kappa shape index (κ2) is 5.17. The SMILES string of the molecule is OC(Cc1ccoc1)c1cc(Br)ccc1Br. The van der Waals surface area contributed by atoms with Gasteiger partial charge in [0.1, 0.15) is 0 Å². The quantitative estimate of drug-likeness (QED) is 0.909. The van der Waals surface area contributed by atoms with E-state index in [4.69, 9.17) is 4.42 Å². The van der Waals surface area contributed by atoms with Gasteiger partial charge in [-0.05, 0) is 35.4 Å². The van der Waals surface area contributed by atoms with E-state index < -0.39 is 6.10 Å². The van der Waals surface area contributed by atoms with Crippen LogP contribution < -0.4 is 0 Å². The summed E-state index contributed by atoms with van der Waals surface area (Å²) in [6, 6.07) is 7.61. The third-order valence-electron chi connectivity index (χ3n) is 2.33. The van der Waals surface area contributed by atoms with E-state index >= 15 is 0 Å². The van der Waals surface area contributed by atoms with Crippen LogP contribution in [0.2, 0.25) is 0 Å². The molecule has 0 radical (unpaired) electrons. The number of rotatable bonds is 3. The molecule has 0 aliphatic heterocycles. The maximum Gasteiger partial charge on any atom is 0.0935 e. The summed E-state index contributed by atoms with van der Waals surface area (Å²) in [5, 5.41) is 10.1. The van der Waals surface area contributed by atoms with E-state index in [1.165, 1.54) is 0 Å². The van der Waals surface area contributed by atoms with Crippen molar-refractivity contribution >= 4 is 31.9 Å². The first kappa shape index (κ1) is 11.9. The molecule has 2 nitrogen and oxygen atoms in total. The predicted molar refractivity (Wildman–Crippen MR) is 69.2 cm³/mol. The molecule has 0 aliphatic carbocycles. The van der Waals surface area contributed by atoms with E-state index in [0.717, 1.165) is 20.1 Å². The van der Waals surface area contributed by atoms with Gasteiger partial charge in [-0.2, -0.15) is 0 Å². The van der Waals surface area contributed by atoms with E-state index in [-0.39, 0.29) is 0 Å². The van der Waals surface area contributed by atoms with Gasteiger partial charge in [-0.15, -0.1) is 0 Å². The Morgan fingerprint density at radius 2 is 2.06 bits per heavy atom. The largest absolute Gasteiger partial charge is 0.472 e. The van der Waals surface area contributed by atoms with Crippen LogP contribution in [0.4, 0.5) is 0 Å². The van der Waals surface area contributed by atoms with Gasteiger partial charge in [0.15, 0.2) is 0 Å². The molecule has 1 aromatic heterocycles. The van der Waals surface area contributed by atoms with Gasteiger partial charge in [-0.3, -0.25) is 0 Å². The molecule has 16 heavy (non-hydrogen) atoms. The Morgan fingerprint density at radius 3 is 2.75 bits per heavy atom. The first-order valence-electron chi connectivity index (χ1n) is 4.81. The smallest absolute Gasteiger partial charge is 0.0935 e. The summed E-state index contributed by atoms with van der Waals surface area (Å²) in [5.41, 5.74) is 1.86. The number of hydrogen-bond acceptors (Lipinski definition) is 2. The van der Waals surface area contributed by atoms with Gasteiger partial charge in [0.05, 0.1) is 18.6 Å². The summed E-state index contributed by atoms with van der Waals surface area (Å²) >= 11 is 6.82. The molecule has 1 unspecified atom stereocenters. The highest BCUT2D eigenvalue weighted by Gasteiger charge is 2.13. The zero-order valence-electron chi connectivity index (χ0n) is 8.36. The Hall–Kier alpha value is -0.580. The number of benzene rings is 1. The number of halogens is 2. The third kappa shape index (κ3) is 2.75. The molecule has 1 atom stereocenters. The van der Waals surface area contributed by atoms with Crippen molar-refractivity contribution in [1.29, 1.82) is 0 Å². The molecule has 84 valence electrons. The lowest BCUT2D eigenvalue weighted by Crippen LogP contribution is -2.02. The molecule has 0 saturated heterocycles. The van der Waals surface area contributed by atoms with Crippen molar-refractivity contribution < 1.29 is 9.52 Å². The van der Waals surface area contributed by atoms with Crippen molar-refractivity contribution in [2.24, 2.45) is 0 Å². The van der Waals surface area contributed by atoms with Crippen LogP contribution in [0, 0.1) is 0 Å². The standard InChI is InChI=1S/C12H10Br2O2/c13-9-1-2-11(14)10(6-9)12(15)5-8-3-4-16-7-8/h1-4,6-7,12,15H,5H2. The molecule has 0 aliphatic rings. The van der Waals surface area contributed by atoms with Crippen molar-refractivity contribution in [2.75, 3.05) is 0 Å². The average Bonchev–Trinajstić information content (AvgIpc) is 2.74. The van der Waals surface area contributed by atoms with Crippen molar-refractivity contribution in [3.8, 4) is 0 Å². The van der Waals surface area contributed by atoms with Gasteiger partial charge in [0.2, 0.25) is 0 Å². The van der Waals surface area contributed by atoms with Crippen LogP contribution in [0.15, 0.2) is 50.2 Å². The van der Waals surface area contributed by atoms with E-state index in [0.29, 0.717) is 6.42 Å². The maximum atomic E-state index is 10.1. The number of hydrogen-bond donors (Lipinski definition) is 1. The minimum Gasteiger partial charge on any atom is -0.472 e. The number of aliphatic hydroxyl groups excluding tert-OH is 1. The highest BCUT2D eigenvalue weighted by atomic mass is 79.9. The van der Waals surface area contributed by atoms with Crippen molar-refractivity contribution in [3.05, 3.63) is 56.9 Å². The fourth-order valence-electron chi connectivity index (χ4n) is 1.51. The second-order valence-electron chi connectivity index (χ2n) is 3.52. The topological polar surface area (TPSA) is 33.4 Å². The molecule has 0 amide bonds. The maximum absolute atomic E-state index is 10.1. The Labute approximate surface area is 111 Å². The highest BCUT2D eigenvalue weighted by molar-refractivity contribution is 9.11. The van der Waals surface area contributed by atoms with Gasteiger partial charge < -0.3 is 9.52 Å². The summed E-state index contributed by atoms with van der Waals surface area (Å²) in [6.45, 7) is 0. The van der Waals surface area contributed by atoms with Gasteiger partial charge in [0.25, 0.3) is 0 Å². The van der Waals surface area contributed by atoms with Crippen molar-refractivity contribution in [3.63, 3.8) is 0 Å². The zero-order valence-corrected chi connectivity index (χ0v) is 11.5. The highest BCUT2D eigenvalue weighted by Crippen LogP contribution is 2.28. The molecule has 0 saturated carbocycles. The molecular weight excluding hydrogens is 336 g/mol. The van der Waals surface area contributed by atoms with Gasteiger partial charge >= 0.3 is 0 Å². The second-order valence-corrected chi connectivity index (χ2v) is 5.29. The molecule has 1 aromatic carbocycles. The zero-order chi connectivity index (χ0) is 11.5. The van der Waals surface area contributed by atoms with E-state index in [9.17, 15) is 5.11 Å². The predicted octanol–water partition coefficient (Wildman–Crippen LogP) is 4.08. The summed E-state index contributed by atoms with van der Waals surface area (Å²) in [4.78, 5) is 0. The Morgan fingerprint density at radius 1 is 1.25 bits per heavy atom. The molecule has 0 spiro atoms. The monoisotopic (exact) mass is 344 g/mol. The molecule has 0 bridgehead atoms. The first-order chi connectivity index (χ1) is 7.66. The number of furan rings is 1. The van der Waals surface area contributed by atoms with E-state index in [1.54, 1.807) is 12.5 Å². The van der Waals surface area contributed by atoms with Crippen LogP contribution in [-0.4, -0.2) is 5.11 Å². The normalized spacial score (nSPS) is 12.7. The Balaban J connectivity index is 2.20. The molecule has 2 rings (SSSR count). The van der Waals surface area contributed by atoms with Crippen LogP contribution in [-0.2, 0) is 6.42 Å². The summed E-state index contributed by atoms with van der Waals surface area (Å²) in [7, 11) is 0. The summed E-state index contributed by atoms with van der Waals surface area (Å²) in [5.74, 6) is 0. The van der Waals surface area contributed by atoms with Crippen LogP contribution in [0.25, 0.3) is 0 Å². The van der Waals surface area contributed by atoms with E-state index in [1.807, 2.05) is 24.3 Å². The third-order valence-corrected chi connectivity index (χ3v) is 3.54. The minimum atomic E-state index is -0.538. The van der Waals surface area contributed by atoms with Crippen molar-refractivity contribution in [1.82, 2.24) is 0 Å². The lowest BCUT2D eigenvalue weighted by molar-refractivity contribution is 0.177. The minimum absolute atomic E-state index is 0.538. The summed E-state index contributed by atoms with van der Waals surface area (Å²) in [6.07, 6.45) is 3.27. The fourth-order valence-corrected chi connectivity index (χ4v) is 2.40. The van der Waals surface area contributed by atoms with Crippen LogP contribution in [0.3, 0.4) is 0 Å². The van der Waals surface area contributed by atoms with Gasteiger partial charge in [0, 0.05) is 15.4 Å². The molecule has 1 N–H and O–H groups in total.